The molecule has 36 heavy (non-hydrogen) atoms. The van der Waals surface area contributed by atoms with Crippen LogP contribution < -0.4 is 4.74 Å². The van der Waals surface area contributed by atoms with Gasteiger partial charge in [-0.25, -0.2) is 22.0 Å². The zero-order chi connectivity index (χ0) is 26.0. The first-order chi connectivity index (χ1) is 17.3. The van der Waals surface area contributed by atoms with E-state index in [1.165, 1.54) is 12.1 Å². The molecule has 1 fully saturated rings. The van der Waals surface area contributed by atoms with Gasteiger partial charge in [-0.2, -0.15) is 4.39 Å². The third kappa shape index (κ3) is 4.83. The van der Waals surface area contributed by atoms with Gasteiger partial charge in [-0.3, -0.25) is 0 Å². The molecule has 0 amide bonds. The van der Waals surface area contributed by atoms with Crippen LogP contribution in [0.5, 0.6) is 5.75 Å². The van der Waals surface area contributed by atoms with E-state index in [9.17, 15) is 22.0 Å². The summed E-state index contributed by atoms with van der Waals surface area (Å²) in [6.45, 7) is 3.59. The second-order valence-electron chi connectivity index (χ2n) is 8.79. The second kappa shape index (κ2) is 10.9. The van der Waals surface area contributed by atoms with E-state index in [0.29, 0.717) is 24.8 Å². The van der Waals surface area contributed by atoms with Gasteiger partial charge in [0.25, 0.3) is 0 Å². The summed E-state index contributed by atoms with van der Waals surface area (Å²) in [6.07, 6.45) is 0.907. The predicted molar refractivity (Wildman–Crippen MR) is 124 cm³/mol. The molecule has 4 rings (SSSR count). The van der Waals surface area contributed by atoms with E-state index >= 15 is 4.39 Å². The predicted octanol–water partition coefficient (Wildman–Crippen LogP) is 8.17. The summed E-state index contributed by atoms with van der Waals surface area (Å²) >= 11 is 0. The van der Waals surface area contributed by atoms with Crippen LogP contribution in [-0.4, -0.2) is 13.2 Å². The van der Waals surface area contributed by atoms with Crippen molar-refractivity contribution in [3.63, 3.8) is 0 Å². The van der Waals surface area contributed by atoms with Gasteiger partial charge in [0, 0.05) is 22.6 Å². The third-order valence-corrected chi connectivity index (χ3v) is 6.52. The molecule has 0 radical (unpaired) electrons. The highest BCUT2D eigenvalue weighted by Gasteiger charge is 2.30. The molecule has 3 aromatic carbocycles. The molecule has 0 aromatic heterocycles. The molecule has 0 spiro atoms. The Morgan fingerprint density at radius 2 is 1.36 bits per heavy atom. The molecule has 8 heteroatoms. The minimum Gasteiger partial charge on any atom is -0.491 e. The van der Waals surface area contributed by atoms with Crippen molar-refractivity contribution in [1.82, 2.24) is 0 Å². The number of hydrogen-bond acceptors (Lipinski definition) is 2. The first-order valence-corrected chi connectivity index (χ1v) is 12.0. The van der Waals surface area contributed by atoms with Gasteiger partial charge in [-0.05, 0) is 49.4 Å². The highest BCUT2D eigenvalue weighted by Crippen LogP contribution is 2.40. The van der Waals surface area contributed by atoms with Crippen molar-refractivity contribution in [2.75, 3.05) is 13.2 Å². The smallest absolute Gasteiger partial charge is 0.201 e. The van der Waals surface area contributed by atoms with Crippen molar-refractivity contribution in [2.45, 2.75) is 51.6 Å². The molecule has 2 unspecified atom stereocenters. The van der Waals surface area contributed by atoms with E-state index in [1.807, 2.05) is 6.92 Å². The summed E-state index contributed by atoms with van der Waals surface area (Å²) < 4.78 is 98.5. The SMILES string of the molecule is CCCc1ccc(C2CCC(c3ccc(-c4ccc(OCC)c(F)c4F)c(F)c3F)OC2)c(F)c1F. The maximum Gasteiger partial charge on any atom is 0.201 e. The molecule has 0 saturated carbocycles. The van der Waals surface area contributed by atoms with Gasteiger partial charge >= 0.3 is 0 Å². The summed E-state index contributed by atoms with van der Waals surface area (Å²) in [5.74, 6) is -7.71. The van der Waals surface area contributed by atoms with Crippen molar-refractivity contribution in [2.24, 2.45) is 0 Å². The normalized spacial score (nSPS) is 17.9. The molecule has 0 aliphatic carbocycles. The zero-order valence-corrected chi connectivity index (χ0v) is 19.9. The Balaban J connectivity index is 1.53. The first-order valence-electron chi connectivity index (χ1n) is 12.0. The molecule has 2 nitrogen and oxygen atoms in total. The van der Waals surface area contributed by atoms with Crippen LogP contribution in [0.4, 0.5) is 26.3 Å². The minimum absolute atomic E-state index is 0.00427. The van der Waals surface area contributed by atoms with Gasteiger partial charge in [-0.15, -0.1) is 0 Å². The minimum atomic E-state index is -1.34. The quantitative estimate of drug-likeness (QED) is 0.300. The lowest BCUT2D eigenvalue weighted by Crippen LogP contribution is -2.21. The Bertz CT molecular complexity index is 1250. The third-order valence-electron chi connectivity index (χ3n) is 6.52. The van der Waals surface area contributed by atoms with Gasteiger partial charge < -0.3 is 9.47 Å². The van der Waals surface area contributed by atoms with E-state index in [2.05, 4.69) is 0 Å². The fourth-order valence-corrected chi connectivity index (χ4v) is 4.65. The zero-order valence-electron chi connectivity index (χ0n) is 19.9. The number of rotatable bonds is 7. The van der Waals surface area contributed by atoms with Crippen LogP contribution in [0.2, 0.25) is 0 Å². The van der Waals surface area contributed by atoms with Crippen LogP contribution in [0.25, 0.3) is 11.1 Å². The summed E-state index contributed by atoms with van der Waals surface area (Å²) in [5.41, 5.74) is -0.441. The van der Waals surface area contributed by atoms with Crippen molar-refractivity contribution < 1.29 is 35.8 Å². The topological polar surface area (TPSA) is 18.5 Å². The van der Waals surface area contributed by atoms with E-state index in [4.69, 9.17) is 9.47 Å². The Morgan fingerprint density at radius 3 is 2.00 bits per heavy atom. The van der Waals surface area contributed by atoms with Crippen molar-refractivity contribution in [1.29, 1.82) is 0 Å². The molecule has 192 valence electrons. The van der Waals surface area contributed by atoms with Crippen molar-refractivity contribution in [3.05, 3.63) is 88.0 Å². The molecule has 1 heterocycles. The van der Waals surface area contributed by atoms with Crippen LogP contribution in [0.3, 0.4) is 0 Å². The molecule has 1 aliphatic heterocycles. The van der Waals surface area contributed by atoms with Gasteiger partial charge in [0.1, 0.15) is 0 Å². The molecule has 1 aliphatic rings. The fourth-order valence-electron chi connectivity index (χ4n) is 4.65. The lowest BCUT2D eigenvalue weighted by atomic mass is 9.87. The lowest BCUT2D eigenvalue weighted by Gasteiger charge is -2.30. The lowest BCUT2D eigenvalue weighted by molar-refractivity contribution is -0.000641. The van der Waals surface area contributed by atoms with Crippen molar-refractivity contribution in [3.8, 4) is 16.9 Å². The van der Waals surface area contributed by atoms with Gasteiger partial charge in [-0.1, -0.05) is 37.6 Å². The average molecular weight is 509 g/mol. The Kier molecular flexibility index (Phi) is 7.93. The largest absolute Gasteiger partial charge is 0.491 e. The molecular weight excluding hydrogens is 482 g/mol. The monoisotopic (exact) mass is 508 g/mol. The summed E-state index contributed by atoms with van der Waals surface area (Å²) in [5, 5.41) is 0. The standard InChI is InChI=1S/C28H26F6O2/c1-3-5-15-6-8-17(24(30)23(15)29)16-7-12-21(36-14-16)20-10-9-18(25(31)27(20)33)19-11-13-22(35-4-2)28(34)26(19)32/h6,8-11,13,16,21H,3-5,7,12,14H2,1-2H3. The molecule has 3 aromatic rings. The van der Waals surface area contributed by atoms with Crippen LogP contribution in [0.15, 0.2) is 36.4 Å². The van der Waals surface area contributed by atoms with E-state index in [-0.39, 0.29) is 36.5 Å². The number of ether oxygens (including phenoxy) is 2. The maximum atomic E-state index is 15.0. The van der Waals surface area contributed by atoms with E-state index in [1.54, 1.807) is 19.1 Å². The van der Waals surface area contributed by atoms with E-state index < -0.39 is 58.1 Å². The Morgan fingerprint density at radius 1 is 0.722 bits per heavy atom. The number of benzene rings is 3. The Labute approximate surface area is 205 Å². The number of aryl methyl sites for hydroxylation is 1. The molecular formula is C28H26F6O2. The second-order valence-corrected chi connectivity index (χ2v) is 8.79. The maximum absolute atomic E-state index is 15.0. The summed E-state index contributed by atoms with van der Waals surface area (Å²) in [7, 11) is 0. The number of hydrogen-bond donors (Lipinski definition) is 0. The van der Waals surface area contributed by atoms with Gasteiger partial charge in [0.05, 0.1) is 19.3 Å². The molecule has 2 atom stereocenters. The first kappa shape index (κ1) is 26.1. The summed E-state index contributed by atoms with van der Waals surface area (Å²) in [4.78, 5) is 0. The van der Waals surface area contributed by atoms with Crippen molar-refractivity contribution >= 4 is 0 Å². The van der Waals surface area contributed by atoms with E-state index in [0.717, 1.165) is 12.1 Å². The summed E-state index contributed by atoms with van der Waals surface area (Å²) in [6, 6.07) is 7.85. The molecule has 0 bridgehead atoms. The Hall–Kier alpha value is -3.00. The highest BCUT2D eigenvalue weighted by atomic mass is 19.2. The molecule has 1 saturated heterocycles. The van der Waals surface area contributed by atoms with Crippen LogP contribution in [0.1, 0.15) is 61.8 Å². The number of halogens is 6. The van der Waals surface area contributed by atoms with Crippen LogP contribution in [-0.2, 0) is 11.2 Å². The fraction of sp³-hybridized carbons (Fsp3) is 0.357. The van der Waals surface area contributed by atoms with Gasteiger partial charge in [0.2, 0.25) is 5.82 Å². The average Bonchev–Trinajstić information content (AvgIpc) is 2.88. The van der Waals surface area contributed by atoms with Crippen LogP contribution in [0, 0.1) is 34.9 Å². The van der Waals surface area contributed by atoms with Gasteiger partial charge in [0.15, 0.2) is 34.8 Å². The highest BCUT2D eigenvalue weighted by molar-refractivity contribution is 5.66. The molecule has 0 N–H and O–H groups in total. The van der Waals surface area contributed by atoms with Crippen LogP contribution >= 0.6 is 0 Å².